The third kappa shape index (κ3) is 6.21. The first-order valence-electron chi connectivity index (χ1n) is 9.54. The molecule has 1 aromatic heterocycles. The molecule has 2 amide bonds. The molecule has 1 aromatic rings. The summed E-state index contributed by atoms with van der Waals surface area (Å²) in [6.45, 7) is 7.66. The summed E-state index contributed by atoms with van der Waals surface area (Å²) in [6, 6.07) is 0.209. The van der Waals surface area contributed by atoms with Crippen molar-refractivity contribution >= 4 is 29.2 Å². The number of rotatable bonds is 5. The Balaban J connectivity index is 1.93. The number of carbonyl (C=O) groups excluding carboxylic acids is 2. The molecule has 0 bridgehead atoms. The Kier molecular flexibility index (Phi) is 7.57. The van der Waals surface area contributed by atoms with Crippen LogP contribution in [0, 0.1) is 5.41 Å². The van der Waals surface area contributed by atoms with Crippen LogP contribution in [0.15, 0.2) is 12.3 Å². The zero-order valence-corrected chi connectivity index (χ0v) is 18.2. The predicted octanol–water partition coefficient (Wildman–Crippen LogP) is 2.15. The molecule has 2 N–H and O–H groups in total. The molecule has 1 fully saturated rings. The van der Waals surface area contributed by atoms with E-state index in [2.05, 4.69) is 15.6 Å². The summed E-state index contributed by atoms with van der Waals surface area (Å²) in [5.41, 5.74) is -1.34. The minimum Gasteiger partial charge on any atom is -0.357 e. The van der Waals surface area contributed by atoms with E-state index in [1.807, 2.05) is 25.7 Å². The molecule has 7 nitrogen and oxygen atoms in total. The maximum atomic E-state index is 12.8. The second-order valence-electron chi connectivity index (χ2n) is 8.27. The van der Waals surface area contributed by atoms with Gasteiger partial charge in [-0.05, 0) is 11.5 Å². The highest BCUT2D eigenvalue weighted by Crippen LogP contribution is 2.33. The van der Waals surface area contributed by atoms with Crippen LogP contribution in [0.1, 0.15) is 26.3 Å². The zero-order chi connectivity index (χ0) is 22.7. The van der Waals surface area contributed by atoms with Gasteiger partial charge >= 0.3 is 6.18 Å². The lowest BCUT2D eigenvalue weighted by Gasteiger charge is -2.36. The maximum Gasteiger partial charge on any atom is 0.417 e. The van der Waals surface area contributed by atoms with Crippen molar-refractivity contribution in [2.75, 3.05) is 44.7 Å². The fourth-order valence-corrected chi connectivity index (χ4v) is 3.45. The van der Waals surface area contributed by atoms with Gasteiger partial charge in [-0.1, -0.05) is 32.4 Å². The largest absolute Gasteiger partial charge is 0.417 e. The first-order valence-corrected chi connectivity index (χ1v) is 9.91. The van der Waals surface area contributed by atoms with Crippen molar-refractivity contribution in [3.8, 4) is 0 Å². The minimum atomic E-state index is -4.50. The molecule has 30 heavy (non-hydrogen) atoms. The lowest BCUT2D eigenvalue weighted by molar-refractivity contribution is -0.137. The summed E-state index contributed by atoms with van der Waals surface area (Å²) in [6.07, 6.45) is -3.73. The smallest absolute Gasteiger partial charge is 0.357 e. The molecule has 0 aliphatic carbocycles. The fraction of sp³-hybridized carbons (Fsp3) is 0.632. The monoisotopic (exact) mass is 449 g/mol. The number of hydrogen-bond acceptors (Lipinski definition) is 5. The predicted molar refractivity (Wildman–Crippen MR) is 108 cm³/mol. The molecule has 0 unspecified atom stereocenters. The van der Waals surface area contributed by atoms with E-state index in [4.69, 9.17) is 11.6 Å². The molecule has 1 saturated heterocycles. The number of nitrogens with one attached hydrogen (secondary N) is 2. The summed E-state index contributed by atoms with van der Waals surface area (Å²) in [4.78, 5) is 32.1. The van der Waals surface area contributed by atoms with Crippen molar-refractivity contribution in [2.45, 2.75) is 33.0 Å². The Morgan fingerprint density at radius 1 is 1.20 bits per heavy atom. The van der Waals surface area contributed by atoms with Crippen LogP contribution in [0.25, 0.3) is 0 Å². The Labute approximate surface area is 178 Å². The molecule has 2 rings (SSSR count). The van der Waals surface area contributed by atoms with Crippen LogP contribution >= 0.6 is 11.6 Å². The normalized spacial score (nSPS) is 16.9. The first-order chi connectivity index (χ1) is 13.8. The molecule has 0 saturated carbocycles. The average molecular weight is 450 g/mol. The Morgan fingerprint density at radius 3 is 2.27 bits per heavy atom. The second-order valence-corrected chi connectivity index (χ2v) is 8.68. The van der Waals surface area contributed by atoms with E-state index in [9.17, 15) is 22.8 Å². The topological polar surface area (TPSA) is 77.6 Å². The van der Waals surface area contributed by atoms with Gasteiger partial charge in [0.1, 0.15) is 11.9 Å². The third-order valence-corrected chi connectivity index (χ3v) is 5.15. The molecule has 0 radical (unpaired) electrons. The molecule has 168 valence electrons. The van der Waals surface area contributed by atoms with E-state index in [1.165, 1.54) is 7.05 Å². The summed E-state index contributed by atoms with van der Waals surface area (Å²) < 4.78 is 38.3. The average Bonchev–Trinajstić information content (AvgIpc) is 2.64. The highest BCUT2D eigenvalue weighted by molar-refractivity contribution is 6.33. The molecule has 1 atom stereocenters. The van der Waals surface area contributed by atoms with Crippen LogP contribution < -0.4 is 15.5 Å². The number of pyridine rings is 1. The summed E-state index contributed by atoms with van der Waals surface area (Å²) in [7, 11) is 1.52. The number of halogens is 4. The quantitative estimate of drug-likeness (QED) is 0.720. The number of hydrogen-bond donors (Lipinski definition) is 2. The van der Waals surface area contributed by atoms with Crippen molar-refractivity contribution in [3.05, 3.63) is 22.8 Å². The maximum absolute atomic E-state index is 12.8. The number of likely N-dealkylation sites (N-methyl/N-ethyl adjacent to an activating group) is 1. The summed E-state index contributed by atoms with van der Waals surface area (Å²) in [5.74, 6) is -0.234. The zero-order valence-electron chi connectivity index (χ0n) is 17.4. The van der Waals surface area contributed by atoms with E-state index in [1.54, 1.807) is 4.90 Å². The van der Waals surface area contributed by atoms with Gasteiger partial charge in [-0.3, -0.25) is 14.5 Å². The number of piperazine rings is 1. The molecule has 0 aromatic carbocycles. The standard InChI is InChI=1S/C19H27ClF3N5O2/c1-18(2,3)15(17(30)24-4)26-14(29)11-27-5-7-28(8-6-27)16-13(20)9-12(10-25-16)19(21,22)23/h9-10,15H,5-8,11H2,1-4H3,(H,24,30)(H,26,29)/t15-/m0/s1. The lowest BCUT2D eigenvalue weighted by Crippen LogP contribution is -2.56. The van der Waals surface area contributed by atoms with Gasteiger partial charge in [0.15, 0.2) is 0 Å². The number of aromatic nitrogens is 1. The Bertz CT molecular complexity index is 774. The molecular weight excluding hydrogens is 423 g/mol. The van der Waals surface area contributed by atoms with Gasteiger partial charge in [0.05, 0.1) is 17.1 Å². The molecule has 1 aliphatic rings. The van der Waals surface area contributed by atoms with E-state index >= 15 is 0 Å². The number of anilines is 1. The fourth-order valence-electron chi connectivity index (χ4n) is 3.17. The van der Waals surface area contributed by atoms with Gasteiger partial charge in [-0.2, -0.15) is 13.2 Å². The van der Waals surface area contributed by atoms with Crippen LogP contribution in [-0.2, 0) is 15.8 Å². The first kappa shape index (κ1) is 24.2. The molecule has 0 spiro atoms. The van der Waals surface area contributed by atoms with Gasteiger partial charge in [-0.15, -0.1) is 0 Å². The van der Waals surface area contributed by atoms with Gasteiger partial charge in [0.25, 0.3) is 0 Å². The van der Waals surface area contributed by atoms with Crippen molar-refractivity contribution in [1.82, 2.24) is 20.5 Å². The molecule has 2 heterocycles. The van der Waals surface area contributed by atoms with Crippen LogP contribution in [0.3, 0.4) is 0 Å². The molecular formula is C19H27ClF3N5O2. The van der Waals surface area contributed by atoms with Crippen molar-refractivity contribution < 1.29 is 22.8 Å². The summed E-state index contributed by atoms with van der Waals surface area (Å²) >= 11 is 6.01. The molecule has 11 heteroatoms. The van der Waals surface area contributed by atoms with Gasteiger partial charge in [0, 0.05) is 39.4 Å². The van der Waals surface area contributed by atoms with Gasteiger partial charge in [-0.25, -0.2) is 4.98 Å². The number of nitrogens with zero attached hydrogens (tertiary/aromatic N) is 3. The Hall–Kier alpha value is -2.07. The van der Waals surface area contributed by atoms with E-state index in [0.29, 0.717) is 32.0 Å². The van der Waals surface area contributed by atoms with Crippen LogP contribution in [0.5, 0.6) is 0 Å². The van der Waals surface area contributed by atoms with Gasteiger partial charge < -0.3 is 15.5 Å². The van der Waals surface area contributed by atoms with Gasteiger partial charge in [0.2, 0.25) is 11.8 Å². The van der Waals surface area contributed by atoms with Crippen molar-refractivity contribution in [3.63, 3.8) is 0 Å². The van der Waals surface area contributed by atoms with Crippen LogP contribution in [-0.4, -0.2) is 67.5 Å². The van der Waals surface area contributed by atoms with Crippen molar-refractivity contribution in [2.24, 2.45) is 5.41 Å². The summed E-state index contributed by atoms with van der Waals surface area (Å²) in [5, 5.41) is 5.28. The third-order valence-electron chi connectivity index (χ3n) is 4.87. The number of carbonyl (C=O) groups is 2. The highest BCUT2D eigenvalue weighted by Gasteiger charge is 2.34. The lowest BCUT2D eigenvalue weighted by atomic mass is 9.86. The van der Waals surface area contributed by atoms with E-state index in [-0.39, 0.29) is 23.4 Å². The van der Waals surface area contributed by atoms with Crippen LogP contribution in [0.4, 0.5) is 19.0 Å². The molecule has 1 aliphatic heterocycles. The van der Waals surface area contributed by atoms with Crippen LogP contribution in [0.2, 0.25) is 5.02 Å². The van der Waals surface area contributed by atoms with E-state index < -0.39 is 23.2 Å². The minimum absolute atomic E-state index is 0.0605. The van der Waals surface area contributed by atoms with Crippen molar-refractivity contribution in [1.29, 1.82) is 0 Å². The second kappa shape index (κ2) is 9.38. The highest BCUT2D eigenvalue weighted by atomic mass is 35.5. The van der Waals surface area contributed by atoms with E-state index in [0.717, 1.165) is 12.3 Å². The SMILES string of the molecule is CNC(=O)[C@H](NC(=O)CN1CCN(c2ncc(C(F)(F)F)cc2Cl)CC1)C(C)(C)C. The number of alkyl halides is 3. The Morgan fingerprint density at radius 2 is 1.80 bits per heavy atom. The number of amides is 2.